The Bertz CT molecular complexity index is 574. The molecule has 112 valence electrons. The van der Waals surface area contributed by atoms with E-state index in [0.29, 0.717) is 11.4 Å². The molecule has 0 aliphatic heterocycles. The lowest BCUT2D eigenvalue weighted by Gasteiger charge is -2.17. The van der Waals surface area contributed by atoms with Crippen LogP contribution in [0.5, 0.6) is 0 Å². The average Bonchev–Trinajstić information content (AvgIpc) is 3.11. The molecule has 21 heavy (non-hydrogen) atoms. The van der Waals surface area contributed by atoms with Crippen molar-refractivity contribution in [3.8, 4) is 0 Å². The number of nitrogens with one attached hydrogen (secondary N) is 1. The summed E-state index contributed by atoms with van der Waals surface area (Å²) in [7, 11) is 0. The highest BCUT2D eigenvalue weighted by atomic mass is 35.5. The highest BCUT2D eigenvalue weighted by Crippen LogP contribution is 2.48. The summed E-state index contributed by atoms with van der Waals surface area (Å²) in [5, 5.41) is 12.8. The quantitative estimate of drug-likeness (QED) is 0.899. The molecule has 0 heterocycles. The van der Waals surface area contributed by atoms with E-state index in [9.17, 15) is 9.59 Å². The molecule has 2 N–H and O–H groups in total. The van der Waals surface area contributed by atoms with Crippen LogP contribution in [0, 0.1) is 11.8 Å². The molecule has 1 amide bonds. The Morgan fingerprint density at radius 1 is 1.24 bits per heavy atom. The predicted octanol–water partition coefficient (Wildman–Crippen LogP) is 2.81. The van der Waals surface area contributed by atoms with Gasteiger partial charge in [0.15, 0.2) is 0 Å². The van der Waals surface area contributed by atoms with Crippen molar-refractivity contribution in [1.29, 1.82) is 0 Å². The van der Waals surface area contributed by atoms with E-state index in [2.05, 4.69) is 5.32 Å². The summed E-state index contributed by atoms with van der Waals surface area (Å²) in [4.78, 5) is 23.4. The zero-order valence-corrected chi connectivity index (χ0v) is 12.3. The lowest BCUT2D eigenvalue weighted by atomic mass is 10.0. The van der Waals surface area contributed by atoms with Gasteiger partial charge in [0.25, 0.3) is 0 Å². The summed E-state index contributed by atoms with van der Waals surface area (Å²) in [6.45, 7) is 0. The second-order valence-electron chi connectivity index (χ2n) is 5.99. The van der Waals surface area contributed by atoms with Gasteiger partial charge in [-0.05, 0) is 42.9 Å². The third kappa shape index (κ3) is 3.05. The minimum Gasteiger partial charge on any atom is -0.481 e. The number of hydrogen-bond acceptors (Lipinski definition) is 2. The molecule has 5 heteroatoms. The van der Waals surface area contributed by atoms with Crippen molar-refractivity contribution >= 4 is 23.5 Å². The second kappa shape index (κ2) is 5.68. The summed E-state index contributed by atoms with van der Waals surface area (Å²) in [5.74, 6) is -1.08. The Morgan fingerprint density at radius 3 is 2.76 bits per heavy atom. The Balaban J connectivity index is 1.59. The molecule has 1 aromatic carbocycles. The first kappa shape index (κ1) is 14.4. The van der Waals surface area contributed by atoms with Crippen molar-refractivity contribution in [2.75, 3.05) is 0 Å². The van der Waals surface area contributed by atoms with Crippen LogP contribution in [0.15, 0.2) is 24.3 Å². The van der Waals surface area contributed by atoms with E-state index in [1.807, 2.05) is 24.3 Å². The minimum atomic E-state index is -0.806. The van der Waals surface area contributed by atoms with Crippen molar-refractivity contribution < 1.29 is 14.7 Å². The molecule has 1 aromatic rings. The zero-order valence-electron chi connectivity index (χ0n) is 11.6. The summed E-state index contributed by atoms with van der Waals surface area (Å²) in [6.07, 6.45) is 3.10. The topological polar surface area (TPSA) is 66.4 Å². The smallest absolute Gasteiger partial charge is 0.308 e. The number of halogens is 1. The molecule has 2 aliphatic carbocycles. The highest BCUT2D eigenvalue weighted by molar-refractivity contribution is 6.30. The molecule has 2 fully saturated rings. The number of hydrogen-bond donors (Lipinski definition) is 2. The van der Waals surface area contributed by atoms with Gasteiger partial charge >= 0.3 is 5.97 Å². The van der Waals surface area contributed by atoms with E-state index in [1.165, 1.54) is 0 Å². The summed E-state index contributed by atoms with van der Waals surface area (Å²) >= 11 is 5.97. The van der Waals surface area contributed by atoms with Crippen LogP contribution >= 0.6 is 11.6 Å². The monoisotopic (exact) mass is 307 g/mol. The van der Waals surface area contributed by atoms with Gasteiger partial charge in [0.1, 0.15) is 0 Å². The number of rotatable bonds is 4. The maximum atomic E-state index is 12.3. The molecule has 4 atom stereocenters. The fraction of sp³-hybridized carbons (Fsp3) is 0.500. The molecule has 0 saturated heterocycles. The summed E-state index contributed by atoms with van der Waals surface area (Å²) < 4.78 is 0. The van der Waals surface area contributed by atoms with Gasteiger partial charge in [0.2, 0.25) is 5.91 Å². The van der Waals surface area contributed by atoms with Crippen LogP contribution in [0.4, 0.5) is 0 Å². The first-order chi connectivity index (χ1) is 10.1. The number of carbonyl (C=O) groups excluding carboxylic acids is 1. The molecule has 0 spiro atoms. The largest absolute Gasteiger partial charge is 0.481 e. The Labute approximate surface area is 128 Å². The first-order valence-corrected chi connectivity index (χ1v) is 7.72. The summed E-state index contributed by atoms with van der Waals surface area (Å²) in [6, 6.07) is 7.38. The van der Waals surface area contributed by atoms with Gasteiger partial charge in [-0.3, -0.25) is 9.59 Å². The molecular weight excluding hydrogens is 290 g/mol. The number of carboxylic acid groups (broad SMARTS) is 1. The van der Waals surface area contributed by atoms with E-state index < -0.39 is 11.9 Å². The van der Waals surface area contributed by atoms with Crippen molar-refractivity contribution in [3.63, 3.8) is 0 Å². The lowest BCUT2D eigenvalue weighted by molar-refractivity contribution is -0.142. The van der Waals surface area contributed by atoms with E-state index in [4.69, 9.17) is 16.7 Å². The molecule has 0 unspecified atom stereocenters. The molecule has 0 aromatic heterocycles. The van der Waals surface area contributed by atoms with E-state index >= 15 is 0 Å². The number of amides is 1. The SMILES string of the molecule is O=C(N[C@H]1CCC[C@H]1C(=O)O)[C@H]1C[C@H]1c1cccc(Cl)c1. The van der Waals surface area contributed by atoms with Gasteiger partial charge in [0, 0.05) is 17.0 Å². The van der Waals surface area contributed by atoms with Crippen molar-refractivity contribution in [3.05, 3.63) is 34.9 Å². The second-order valence-corrected chi connectivity index (χ2v) is 6.43. The van der Waals surface area contributed by atoms with Crippen molar-refractivity contribution in [1.82, 2.24) is 5.32 Å². The Kier molecular flexibility index (Phi) is 3.89. The van der Waals surface area contributed by atoms with Gasteiger partial charge in [0.05, 0.1) is 5.92 Å². The molecular formula is C16H18ClNO3. The van der Waals surface area contributed by atoms with Gasteiger partial charge in [-0.15, -0.1) is 0 Å². The van der Waals surface area contributed by atoms with Crippen LogP contribution in [-0.2, 0) is 9.59 Å². The van der Waals surface area contributed by atoms with Crippen LogP contribution < -0.4 is 5.32 Å². The van der Waals surface area contributed by atoms with Crippen molar-refractivity contribution in [2.45, 2.75) is 37.6 Å². The summed E-state index contributed by atoms with van der Waals surface area (Å²) in [5.41, 5.74) is 1.09. The fourth-order valence-corrected chi connectivity index (χ4v) is 3.51. The third-order valence-electron chi connectivity index (χ3n) is 4.56. The Hall–Kier alpha value is -1.55. The third-order valence-corrected chi connectivity index (χ3v) is 4.80. The normalized spacial score (nSPS) is 30.9. The van der Waals surface area contributed by atoms with E-state index in [-0.39, 0.29) is 23.8 Å². The maximum Gasteiger partial charge on any atom is 0.308 e. The van der Waals surface area contributed by atoms with Crippen molar-refractivity contribution in [2.24, 2.45) is 11.8 Å². The molecule has 0 bridgehead atoms. The Morgan fingerprint density at radius 2 is 2.05 bits per heavy atom. The molecule has 2 saturated carbocycles. The fourth-order valence-electron chi connectivity index (χ4n) is 3.31. The van der Waals surface area contributed by atoms with Crippen LogP contribution in [0.25, 0.3) is 0 Å². The van der Waals surface area contributed by atoms with Crippen LogP contribution in [0.2, 0.25) is 5.02 Å². The zero-order chi connectivity index (χ0) is 15.0. The maximum absolute atomic E-state index is 12.3. The standard InChI is InChI=1S/C16H18ClNO3/c17-10-4-1-3-9(7-10)12-8-13(12)15(19)18-14-6-2-5-11(14)16(20)21/h1,3-4,7,11-14H,2,5-6,8H2,(H,18,19)(H,20,21)/t11-,12+,13+,14+/m1/s1. The predicted molar refractivity (Wildman–Crippen MR) is 79.2 cm³/mol. The van der Waals surface area contributed by atoms with Gasteiger partial charge in [-0.1, -0.05) is 30.2 Å². The number of benzene rings is 1. The van der Waals surface area contributed by atoms with Gasteiger partial charge in [-0.25, -0.2) is 0 Å². The van der Waals surface area contributed by atoms with Crippen LogP contribution in [0.1, 0.15) is 37.2 Å². The molecule has 0 radical (unpaired) electrons. The molecule has 4 nitrogen and oxygen atoms in total. The van der Waals surface area contributed by atoms with Crippen LogP contribution in [0.3, 0.4) is 0 Å². The number of carbonyl (C=O) groups is 2. The number of aliphatic carboxylic acids is 1. The highest BCUT2D eigenvalue weighted by Gasteiger charge is 2.45. The minimum absolute atomic E-state index is 0.0156. The average molecular weight is 308 g/mol. The van der Waals surface area contributed by atoms with E-state index in [1.54, 1.807) is 0 Å². The van der Waals surface area contributed by atoms with Crippen LogP contribution in [-0.4, -0.2) is 23.0 Å². The molecule has 2 aliphatic rings. The lowest BCUT2D eigenvalue weighted by Crippen LogP contribution is -2.41. The van der Waals surface area contributed by atoms with E-state index in [0.717, 1.165) is 24.8 Å². The van der Waals surface area contributed by atoms with Gasteiger partial charge in [-0.2, -0.15) is 0 Å². The number of carboxylic acids is 1. The molecule has 3 rings (SSSR count). The van der Waals surface area contributed by atoms with Gasteiger partial charge < -0.3 is 10.4 Å². The first-order valence-electron chi connectivity index (χ1n) is 7.35.